The van der Waals surface area contributed by atoms with Crippen LogP contribution in [0, 0.1) is 11.6 Å². The number of H-pyrrole nitrogens is 1. The van der Waals surface area contributed by atoms with E-state index in [-0.39, 0.29) is 24.1 Å². The normalized spacial score (nSPS) is 17.7. The smallest absolute Gasteiger partial charge is 0.256 e. The van der Waals surface area contributed by atoms with Crippen LogP contribution in [0.15, 0.2) is 53.3 Å². The van der Waals surface area contributed by atoms with Crippen molar-refractivity contribution in [1.82, 2.24) is 14.9 Å². The summed E-state index contributed by atoms with van der Waals surface area (Å²) in [5.74, 6) is -2.53. The zero-order valence-corrected chi connectivity index (χ0v) is 17.9. The number of aromatic amines is 1. The monoisotopic (exact) mass is 451 g/mol. The first kappa shape index (κ1) is 21.5. The van der Waals surface area contributed by atoms with Crippen LogP contribution in [0.5, 0.6) is 0 Å². The number of aliphatic hydroxyl groups excluding tert-OH is 1. The number of nitrogens with zero attached hydrogens (tertiary/aromatic N) is 2. The quantitative estimate of drug-likeness (QED) is 0.638. The maximum Gasteiger partial charge on any atom is 0.256 e. The van der Waals surface area contributed by atoms with Gasteiger partial charge >= 0.3 is 0 Å². The molecule has 1 atom stereocenters. The van der Waals surface area contributed by atoms with E-state index in [1.807, 2.05) is 30.3 Å². The van der Waals surface area contributed by atoms with Crippen molar-refractivity contribution >= 4 is 5.91 Å². The summed E-state index contributed by atoms with van der Waals surface area (Å²) in [6, 6.07) is 13.3. The predicted molar refractivity (Wildman–Crippen MR) is 116 cm³/mol. The number of rotatable bonds is 4. The summed E-state index contributed by atoms with van der Waals surface area (Å²) in [4.78, 5) is 35.0. The molecule has 1 saturated carbocycles. The molecule has 1 fully saturated rings. The van der Waals surface area contributed by atoms with E-state index in [2.05, 4.69) is 4.98 Å². The van der Waals surface area contributed by atoms with Gasteiger partial charge < -0.3 is 15.0 Å². The minimum atomic E-state index is -1.86. The van der Waals surface area contributed by atoms with Crippen molar-refractivity contribution < 1.29 is 18.7 Å². The average molecular weight is 451 g/mol. The molecule has 8 heteroatoms. The molecular formula is C25H23F2N3O3. The number of carbonyl (C=O) groups excluding carboxylic acids is 1. The summed E-state index contributed by atoms with van der Waals surface area (Å²) in [6.45, 7) is 0.213. The number of carbonyl (C=O) groups is 1. The lowest BCUT2D eigenvalue weighted by Crippen LogP contribution is -2.37. The molecule has 3 aromatic rings. The van der Waals surface area contributed by atoms with Gasteiger partial charge in [-0.1, -0.05) is 42.5 Å². The van der Waals surface area contributed by atoms with Crippen LogP contribution >= 0.6 is 0 Å². The van der Waals surface area contributed by atoms with Gasteiger partial charge in [-0.3, -0.25) is 9.59 Å². The van der Waals surface area contributed by atoms with Gasteiger partial charge in [-0.15, -0.1) is 0 Å². The second-order valence-electron chi connectivity index (χ2n) is 8.70. The van der Waals surface area contributed by atoms with E-state index in [9.17, 15) is 23.5 Å². The highest BCUT2D eigenvalue weighted by Crippen LogP contribution is 2.51. The number of aliphatic hydroxyl groups is 1. The second-order valence-corrected chi connectivity index (χ2v) is 8.70. The van der Waals surface area contributed by atoms with Crippen LogP contribution in [0.4, 0.5) is 8.78 Å². The first-order valence-corrected chi connectivity index (χ1v) is 11.0. The summed E-state index contributed by atoms with van der Waals surface area (Å²) >= 11 is 0. The molecular weight excluding hydrogens is 428 g/mol. The molecule has 0 spiro atoms. The predicted octanol–water partition coefficient (Wildman–Crippen LogP) is 3.14. The first-order valence-electron chi connectivity index (χ1n) is 11.0. The Morgan fingerprint density at radius 1 is 1.12 bits per heavy atom. The van der Waals surface area contributed by atoms with E-state index >= 15 is 0 Å². The Hall–Kier alpha value is -3.39. The summed E-state index contributed by atoms with van der Waals surface area (Å²) < 4.78 is 27.7. The third kappa shape index (κ3) is 3.74. The van der Waals surface area contributed by atoms with Crippen molar-refractivity contribution in [1.29, 1.82) is 0 Å². The number of halogens is 2. The molecule has 1 aliphatic carbocycles. The molecule has 2 heterocycles. The van der Waals surface area contributed by atoms with Gasteiger partial charge in [0.15, 0.2) is 17.7 Å². The fourth-order valence-electron chi connectivity index (χ4n) is 4.62. The third-order valence-corrected chi connectivity index (χ3v) is 6.64. The molecule has 1 aromatic heterocycles. The van der Waals surface area contributed by atoms with E-state index in [1.165, 1.54) is 17.0 Å². The van der Waals surface area contributed by atoms with Crippen molar-refractivity contribution in [3.63, 3.8) is 0 Å². The van der Waals surface area contributed by atoms with E-state index < -0.39 is 29.2 Å². The molecule has 170 valence electrons. The van der Waals surface area contributed by atoms with Gasteiger partial charge in [0.05, 0.1) is 23.2 Å². The van der Waals surface area contributed by atoms with Crippen LogP contribution in [0.2, 0.25) is 0 Å². The highest BCUT2D eigenvalue weighted by atomic mass is 19.2. The van der Waals surface area contributed by atoms with Crippen LogP contribution in [0.3, 0.4) is 0 Å². The van der Waals surface area contributed by atoms with Crippen LogP contribution in [0.25, 0.3) is 0 Å². The zero-order chi connectivity index (χ0) is 23.2. The van der Waals surface area contributed by atoms with Crippen LogP contribution in [-0.4, -0.2) is 32.4 Å². The van der Waals surface area contributed by atoms with E-state index in [1.54, 1.807) is 0 Å². The summed E-state index contributed by atoms with van der Waals surface area (Å²) in [5, 5.41) is 10.4. The fraction of sp³-hybridized carbons (Fsp3) is 0.320. The number of benzene rings is 2. The van der Waals surface area contributed by atoms with Gasteiger partial charge in [0.2, 0.25) is 0 Å². The summed E-state index contributed by atoms with van der Waals surface area (Å²) in [7, 11) is 0. The number of hydrogen-bond donors (Lipinski definition) is 2. The van der Waals surface area contributed by atoms with E-state index in [0.717, 1.165) is 24.5 Å². The molecule has 0 radical (unpaired) electrons. The van der Waals surface area contributed by atoms with Crippen LogP contribution < -0.4 is 5.56 Å². The van der Waals surface area contributed by atoms with Crippen molar-refractivity contribution in [2.45, 2.75) is 43.7 Å². The van der Waals surface area contributed by atoms with Gasteiger partial charge in [-0.2, -0.15) is 0 Å². The number of fused-ring (bicyclic) bond motifs is 1. The third-order valence-electron chi connectivity index (χ3n) is 6.64. The molecule has 1 aliphatic heterocycles. The molecule has 6 nitrogen and oxygen atoms in total. The highest BCUT2D eigenvalue weighted by molar-refractivity contribution is 5.82. The highest BCUT2D eigenvalue weighted by Gasteiger charge is 2.48. The Labute approximate surface area is 188 Å². The summed E-state index contributed by atoms with van der Waals surface area (Å²) in [6.07, 6.45) is 0.974. The van der Waals surface area contributed by atoms with Crippen molar-refractivity contribution in [2.75, 3.05) is 6.54 Å². The lowest BCUT2D eigenvalue weighted by atomic mass is 9.94. The minimum absolute atomic E-state index is 0.0525. The first-order chi connectivity index (χ1) is 15.9. The average Bonchev–Trinajstić information content (AvgIpc) is 3.65. The Morgan fingerprint density at radius 3 is 2.61 bits per heavy atom. The minimum Gasteiger partial charge on any atom is -0.378 e. The standard InChI is InChI=1S/C25H23F2N3O3/c26-18-9-4-8-16(20(18)27)21(31)23(33)30-13-5-10-19-17(14-30)22(32)29-24(28-19)25(11-12-25)15-6-2-1-3-7-15/h1-4,6-9,21,31H,5,10-14H2,(H,28,29,32)/t21-/m1/s1. The molecule has 0 unspecified atom stereocenters. The number of aromatic nitrogens is 2. The molecule has 1 amide bonds. The SMILES string of the molecule is O=C([C@H](O)c1cccc(F)c1F)N1CCCc2nc(C3(c4ccccc4)CC3)[nH]c(=O)c2C1. The number of amides is 1. The van der Waals surface area contributed by atoms with Crippen molar-refractivity contribution in [2.24, 2.45) is 0 Å². The van der Waals surface area contributed by atoms with Gasteiger partial charge in [-0.05, 0) is 37.3 Å². The maximum absolute atomic E-state index is 14.1. The lowest BCUT2D eigenvalue weighted by Gasteiger charge is -2.24. The topological polar surface area (TPSA) is 86.3 Å². The largest absolute Gasteiger partial charge is 0.378 e. The Kier molecular flexibility index (Phi) is 5.32. The van der Waals surface area contributed by atoms with Gasteiger partial charge in [0.1, 0.15) is 5.82 Å². The molecule has 5 rings (SSSR count). The van der Waals surface area contributed by atoms with E-state index in [0.29, 0.717) is 29.9 Å². The zero-order valence-electron chi connectivity index (χ0n) is 17.9. The molecule has 0 saturated heterocycles. The summed E-state index contributed by atoms with van der Waals surface area (Å²) in [5.41, 5.74) is 1.08. The Morgan fingerprint density at radius 2 is 1.88 bits per heavy atom. The molecule has 0 bridgehead atoms. The van der Waals surface area contributed by atoms with Crippen LogP contribution in [0.1, 0.15) is 53.6 Å². The van der Waals surface area contributed by atoms with Crippen molar-refractivity contribution in [3.05, 3.63) is 98.7 Å². The van der Waals surface area contributed by atoms with E-state index in [4.69, 9.17) is 4.98 Å². The molecule has 2 aromatic carbocycles. The number of hydrogen-bond acceptors (Lipinski definition) is 4. The lowest BCUT2D eigenvalue weighted by molar-refractivity contribution is -0.141. The molecule has 2 N–H and O–H groups in total. The fourth-order valence-corrected chi connectivity index (χ4v) is 4.62. The van der Waals surface area contributed by atoms with Gasteiger partial charge in [0, 0.05) is 12.1 Å². The molecule has 2 aliphatic rings. The van der Waals surface area contributed by atoms with Gasteiger partial charge in [-0.25, -0.2) is 13.8 Å². The molecule has 33 heavy (non-hydrogen) atoms. The van der Waals surface area contributed by atoms with Crippen LogP contribution in [-0.2, 0) is 23.2 Å². The number of nitrogens with one attached hydrogen (secondary N) is 1. The number of aryl methyl sites for hydroxylation is 1. The van der Waals surface area contributed by atoms with Crippen molar-refractivity contribution in [3.8, 4) is 0 Å². The van der Waals surface area contributed by atoms with Gasteiger partial charge in [0.25, 0.3) is 11.5 Å². The second kappa shape index (κ2) is 8.19. The maximum atomic E-state index is 14.1. The Balaban J connectivity index is 1.44. The Bertz CT molecular complexity index is 1270.